The van der Waals surface area contributed by atoms with Gasteiger partial charge in [-0.15, -0.1) is 0 Å². The fourth-order valence-electron chi connectivity index (χ4n) is 8.29. The summed E-state index contributed by atoms with van der Waals surface area (Å²) in [5, 5.41) is 6.59. The first-order valence-electron chi connectivity index (χ1n) is 18.4. The highest BCUT2D eigenvalue weighted by atomic mass is 31.2. The fraction of sp³-hybridized carbons (Fsp3) is 0.167. The molecule has 0 radical (unpaired) electrons. The molecule has 53 heavy (non-hydrogen) atoms. The van der Waals surface area contributed by atoms with Gasteiger partial charge in [-0.3, -0.25) is 0 Å². The molecule has 4 nitrogen and oxygen atoms in total. The number of para-hydroxylation sites is 1. The van der Waals surface area contributed by atoms with E-state index in [2.05, 4.69) is 113 Å². The molecule has 1 aromatic heterocycles. The lowest BCUT2D eigenvalue weighted by atomic mass is 9.85. The molecule has 0 aliphatic carbocycles. The van der Waals surface area contributed by atoms with Gasteiger partial charge in [-0.25, -0.2) is 0 Å². The Morgan fingerprint density at radius 3 is 1.72 bits per heavy atom. The summed E-state index contributed by atoms with van der Waals surface area (Å²) in [7, 11) is -3.34. The molecule has 2 aliphatic rings. The highest BCUT2D eigenvalue weighted by molar-refractivity contribution is 7.86. The van der Waals surface area contributed by atoms with Gasteiger partial charge >= 0.3 is 0 Å². The molecule has 0 saturated carbocycles. The molecule has 0 N–H and O–H groups in total. The van der Waals surface area contributed by atoms with Crippen LogP contribution in [0.3, 0.4) is 0 Å². The average Bonchev–Trinajstić information content (AvgIpc) is 3.47. The summed E-state index contributed by atoms with van der Waals surface area (Å²) in [5.74, 6) is 2.41. The molecule has 1 atom stereocenters. The van der Waals surface area contributed by atoms with Crippen LogP contribution in [-0.4, -0.2) is 4.57 Å². The smallest absolute Gasteiger partial charge is 0.186 e. The van der Waals surface area contributed by atoms with Crippen LogP contribution >= 0.6 is 7.14 Å². The molecule has 0 bridgehead atoms. The molecular weight excluding hydrogens is 670 g/mol. The van der Waals surface area contributed by atoms with Crippen LogP contribution in [0.2, 0.25) is 0 Å². The van der Waals surface area contributed by atoms with Gasteiger partial charge in [0.05, 0.1) is 21.6 Å². The number of rotatable bonds is 2. The topological polar surface area (TPSA) is 40.5 Å². The SMILES string of the molecule is CC(C)(C)c1ccc2c(c1)c1cc(C(C)(C)C)ccc1n2-c1ccc(-c2cc3c4c(c2)Oc2ccc5ccccc5c2[P@]4(=O)c2ccccc2O3)cc1. The summed E-state index contributed by atoms with van der Waals surface area (Å²) < 4.78 is 31.4. The molecule has 0 spiro atoms. The Kier molecular flexibility index (Phi) is 6.65. The molecule has 0 fully saturated rings. The number of benzene rings is 7. The third-order valence-electron chi connectivity index (χ3n) is 11.1. The number of nitrogens with zero attached hydrogens (tertiary/aromatic N) is 1. The highest BCUT2D eigenvalue weighted by Crippen LogP contribution is 2.60. The van der Waals surface area contributed by atoms with Gasteiger partial charge in [0.1, 0.15) is 28.3 Å². The lowest BCUT2D eigenvalue weighted by molar-refractivity contribution is 0.462. The van der Waals surface area contributed by atoms with Crippen LogP contribution in [0.1, 0.15) is 52.7 Å². The summed E-state index contributed by atoms with van der Waals surface area (Å²) in [6.45, 7) is 13.6. The monoisotopic (exact) mass is 709 g/mol. The van der Waals surface area contributed by atoms with Crippen molar-refractivity contribution in [2.45, 2.75) is 52.4 Å². The van der Waals surface area contributed by atoms with Gasteiger partial charge < -0.3 is 18.6 Å². The first-order valence-corrected chi connectivity index (χ1v) is 20.1. The van der Waals surface area contributed by atoms with Crippen LogP contribution in [0.5, 0.6) is 23.0 Å². The van der Waals surface area contributed by atoms with Crippen molar-refractivity contribution in [3.8, 4) is 39.8 Å². The Morgan fingerprint density at radius 1 is 0.491 bits per heavy atom. The number of ether oxygens (including phenoxy) is 2. The van der Waals surface area contributed by atoms with Crippen molar-refractivity contribution in [1.82, 2.24) is 4.57 Å². The van der Waals surface area contributed by atoms with Crippen molar-refractivity contribution >= 4 is 55.6 Å². The van der Waals surface area contributed by atoms with Gasteiger partial charge in [-0.05, 0) is 111 Å². The summed E-state index contributed by atoms with van der Waals surface area (Å²) in [6.07, 6.45) is 0. The van der Waals surface area contributed by atoms with Crippen LogP contribution in [0.4, 0.5) is 0 Å². The van der Waals surface area contributed by atoms with E-state index >= 15 is 4.57 Å². The van der Waals surface area contributed by atoms with E-state index in [1.165, 1.54) is 32.9 Å². The highest BCUT2D eigenvalue weighted by Gasteiger charge is 2.47. The number of aromatic nitrogens is 1. The van der Waals surface area contributed by atoms with Crippen LogP contribution < -0.4 is 25.4 Å². The Bertz CT molecular complexity index is 2800. The van der Waals surface area contributed by atoms with E-state index in [-0.39, 0.29) is 10.8 Å². The number of hydrogen-bond acceptors (Lipinski definition) is 3. The Balaban J connectivity index is 1.12. The zero-order valence-corrected chi connectivity index (χ0v) is 31.7. The Labute approximate surface area is 310 Å². The number of hydrogen-bond donors (Lipinski definition) is 0. The Hall–Kier alpha value is -5.57. The second-order valence-electron chi connectivity index (χ2n) is 16.6. The molecule has 2 aliphatic heterocycles. The lowest BCUT2D eigenvalue weighted by Gasteiger charge is -2.35. The first-order chi connectivity index (χ1) is 25.4. The third kappa shape index (κ3) is 4.71. The van der Waals surface area contributed by atoms with E-state index in [4.69, 9.17) is 9.47 Å². The third-order valence-corrected chi connectivity index (χ3v) is 14.3. The van der Waals surface area contributed by atoms with Crippen molar-refractivity contribution in [3.05, 3.63) is 145 Å². The molecule has 7 aromatic carbocycles. The normalized spacial score (nSPS) is 16.2. The van der Waals surface area contributed by atoms with Gasteiger partial charge in [0.15, 0.2) is 7.14 Å². The molecule has 0 saturated heterocycles. The summed E-state index contributed by atoms with van der Waals surface area (Å²) in [4.78, 5) is 0. The molecule has 0 amide bonds. The minimum atomic E-state index is -3.34. The molecule has 8 aromatic rings. The molecule has 260 valence electrons. The average molecular weight is 710 g/mol. The maximum atomic E-state index is 15.8. The summed E-state index contributed by atoms with van der Waals surface area (Å²) >= 11 is 0. The second kappa shape index (κ2) is 11.0. The molecule has 3 heterocycles. The van der Waals surface area contributed by atoms with Gasteiger partial charge in [0, 0.05) is 16.5 Å². The van der Waals surface area contributed by atoms with Gasteiger partial charge in [0.2, 0.25) is 0 Å². The quantitative estimate of drug-likeness (QED) is 0.168. The predicted molar refractivity (Wildman–Crippen MR) is 221 cm³/mol. The van der Waals surface area contributed by atoms with Crippen LogP contribution in [-0.2, 0) is 15.4 Å². The summed E-state index contributed by atoms with van der Waals surface area (Å²) in [6, 6.07) is 46.5. The summed E-state index contributed by atoms with van der Waals surface area (Å²) in [5.41, 5.74) is 8.15. The Morgan fingerprint density at radius 2 is 1.08 bits per heavy atom. The molecular formula is C48H40NO3P. The van der Waals surface area contributed by atoms with Crippen molar-refractivity contribution in [2.24, 2.45) is 0 Å². The van der Waals surface area contributed by atoms with Crippen molar-refractivity contribution in [2.75, 3.05) is 0 Å². The standard InChI is InChI=1S/C48H40NO3P/c1-47(2,3)32-18-22-38-36(27-32)37-28-33(48(4,5)6)19-23-39(37)49(38)34-20-15-29(16-21-34)31-25-42-46-43(26-31)52-41-24-17-30-11-7-8-12-35(30)45(41)53(46,50)44-14-10-9-13-40(44)51-42/h7-28H,1-6H3/t53-/m1/s1. The van der Waals surface area contributed by atoms with Crippen LogP contribution in [0.15, 0.2) is 133 Å². The van der Waals surface area contributed by atoms with Gasteiger partial charge in [0.25, 0.3) is 0 Å². The van der Waals surface area contributed by atoms with E-state index in [0.717, 1.165) is 32.9 Å². The van der Waals surface area contributed by atoms with Crippen LogP contribution in [0, 0.1) is 0 Å². The predicted octanol–water partition coefficient (Wildman–Crippen LogP) is 12.0. The van der Waals surface area contributed by atoms with E-state index in [1.807, 2.05) is 66.7 Å². The lowest BCUT2D eigenvalue weighted by Crippen LogP contribution is -2.35. The fourth-order valence-corrected chi connectivity index (χ4v) is 11.5. The van der Waals surface area contributed by atoms with Crippen molar-refractivity contribution < 1.29 is 14.0 Å². The minimum absolute atomic E-state index is 0.0409. The van der Waals surface area contributed by atoms with E-state index in [0.29, 0.717) is 33.6 Å². The van der Waals surface area contributed by atoms with E-state index < -0.39 is 7.14 Å². The van der Waals surface area contributed by atoms with E-state index in [9.17, 15) is 0 Å². The second-order valence-corrected chi connectivity index (χ2v) is 19.2. The van der Waals surface area contributed by atoms with Gasteiger partial charge in [-0.1, -0.05) is 108 Å². The maximum absolute atomic E-state index is 15.8. The minimum Gasteiger partial charge on any atom is -0.456 e. The first kappa shape index (κ1) is 32.1. The molecule has 5 heteroatoms. The van der Waals surface area contributed by atoms with Crippen LogP contribution in [0.25, 0.3) is 49.4 Å². The van der Waals surface area contributed by atoms with E-state index in [1.54, 1.807) is 0 Å². The maximum Gasteiger partial charge on any atom is 0.186 e. The van der Waals surface area contributed by atoms with Crippen molar-refractivity contribution in [1.29, 1.82) is 0 Å². The number of fused-ring (bicyclic) bond motifs is 9. The largest absolute Gasteiger partial charge is 0.456 e. The molecule has 0 unspecified atom stereocenters. The molecule has 10 rings (SSSR count). The van der Waals surface area contributed by atoms with Crippen molar-refractivity contribution in [3.63, 3.8) is 0 Å². The zero-order valence-electron chi connectivity index (χ0n) is 30.8. The van der Waals surface area contributed by atoms with Gasteiger partial charge in [-0.2, -0.15) is 0 Å². The zero-order chi connectivity index (χ0) is 36.4.